The van der Waals surface area contributed by atoms with Crippen LogP contribution in [0.2, 0.25) is 0 Å². The van der Waals surface area contributed by atoms with Crippen molar-refractivity contribution >= 4 is 27.4 Å². The van der Waals surface area contributed by atoms with Gasteiger partial charge in [0, 0.05) is 18.7 Å². The lowest BCUT2D eigenvalue weighted by Gasteiger charge is -2.09. The average Bonchev–Trinajstić information content (AvgIpc) is 2.65. The van der Waals surface area contributed by atoms with Gasteiger partial charge in [-0.15, -0.1) is 0 Å². The standard InChI is InChI=1S/C16H16FN3O6S/c1-18-14-7-6-12(8-15(14)20(22)23)27(24,25)19-9-16(21)26-10-11-4-2-3-5-13(11)17/h2-8,18-19H,9-10H2,1H3. The number of halogens is 1. The van der Waals surface area contributed by atoms with E-state index in [1.807, 2.05) is 4.72 Å². The number of nitro groups is 1. The predicted octanol–water partition coefficient (Wildman–Crippen LogP) is 1.80. The number of benzene rings is 2. The molecule has 0 aliphatic carbocycles. The van der Waals surface area contributed by atoms with Crippen molar-refractivity contribution in [2.45, 2.75) is 11.5 Å². The smallest absolute Gasteiger partial charge is 0.321 e. The van der Waals surface area contributed by atoms with E-state index in [-0.39, 0.29) is 22.8 Å². The molecular formula is C16H16FN3O6S. The molecule has 2 aromatic carbocycles. The minimum Gasteiger partial charge on any atom is -0.460 e. The van der Waals surface area contributed by atoms with E-state index in [1.54, 1.807) is 6.07 Å². The summed E-state index contributed by atoms with van der Waals surface area (Å²) in [4.78, 5) is 21.6. The molecule has 27 heavy (non-hydrogen) atoms. The fourth-order valence-corrected chi connectivity index (χ4v) is 3.09. The Hall–Kier alpha value is -3.05. The van der Waals surface area contributed by atoms with Crippen LogP contribution in [0.5, 0.6) is 0 Å². The lowest BCUT2D eigenvalue weighted by Crippen LogP contribution is -2.30. The number of rotatable bonds is 8. The fraction of sp³-hybridized carbons (Fsp3) is 0.188. The molecule has 0 atom stereocenters. The topological polar surface area (TPSA) is 128 Å². The molecule has 9 nitrogen and oxygen atoms in total. The largest absolute Gasteiger partial charge is 0.460 e. The number of ether oxygens (including phenoxy) is 1. The zero-order chi connectivity index (χ0) is 20.0. The molecule has 0 aliphatic rings. The van der Waals surface area contributed by atoms with Crippen LogP contribution >= 0.6 is 0 Å². The van der Waals surface area contributed by atoms with Gasteiger partial charge in [-0.25, -0.2) is 12.8 Å². The van der Waals surface area contributed by atoms with Crippen molar-refractivity contribution < 1.29 is 27.3 Å². The Bertz CT molecular complexity index is 964. The van der Waals surface area contributed by atoms with E-state index >= 15 is 0 Å². The summed E-state index contributed by atoms with van der Waals surface area (Å²) < 4.78 is 44.7. The van der Waals surface area contributed by atoms with E-state index in [1.165, 1.54) is 31.3 Å². The van der Waals surface area contributed by atoms with Crippen molar-refractivity contribution in [1.82, 2.24) is 4.72 Å². The molecule has 0 unspecified atom stereocenters. The van der Waals surface area contributed by atoms with Crippen LogP contribution in [-0.4, -0.2) is 32.9 Å². The molecule has 11 heteroatoms. The second-order valence-corrected chi connectivity index (χ2v) is 7.03. The number of hydrogen-bond acceptors (Lipinski definition) is 7. The third kappa shape index (κ3) is 5.21. The Morgan fingerprint density at radius 3 is 2.59 bits per heavy atom. The summed E-state index contributed by atoms with van der Waals surface area (Å²) in [5.41, 5.74) is -0.141. The van der Waals surface area contributed by atoms with Crippen molar-refractivity contribution in [3.8, 4) is 0 Å². The molecule has 0 saturated carbocycles. The molecule has 0 radical (unpaired) electrons. The molecule has 0 amide bonds. The van der Waals surface area contributed by atoms with E-state index in [0.29, 0.717) is 0 Å². The second-order valence-electron chi connectivity index (χ2n) is 5.26. The average molecular weight is 397 g/mol. The van der Waals surface area contributed by atoms with Gasteiger partial charge in [-0.05, 0) is 18.2 Å². The van der Waals surface area contributed by atoms with Crippen molar-refractivity contribution in [2.24, 2.45) is 0 Å². The van der Waals surface area contributed by atoms with Crippen LogP contribution in [0.25, 0.3) is 0 Å². The van der Waals surface area contributed by atoms with Gasteiger partial charge in [0.05, 0.1) is 9.82 Å². The van der Waals surface area contributed by atoms with Gasteiger partial charge in [0.15, 0.2) is 0 Å². The summed E-state index contributed by atoms with van der Waals surface area (Å²) in [5, 5.41) is 13.6. The summed E-state index contributed by atoms with van der Waals surface area (Å²) in [6, 6.07) is 8.95. The molecule has 0 spiro atoms. The highest BCUT2D eigenvalue weighted by Crippen LogP contribution is 2.26. The summed E-state index contributed by atoms with van der Waals surface area (Å²) in [7, 11) is -2.73. The van der Waals surface area contributed by atoms with Gasteiger partial charge in [-0.3, -0.25) is 14.9 Å². The van der Waals surface area contributed by atoms with Gasteiger partial charge in [-0.1, -0.05) is 18.2 Å². The maximum Gasteiger partial charge on any atom is 0.321 e. The summed E-state index contributed by atoms with van der Waals surface area (Å²) >= 11 is 0. The molecule has 0 saturated heterocycles. The summed E-state index contributed by atoms with van der Waals surface area (Å²) in [6.45, 7) is -1.06. The first-order chi connectivity index (χ1) is 12.7. The van der Waals surface area contributed by atoms with Crippen LogP contribution < -0.4 is 10.0 Å². The van der Waals surface area contributed by atoms with Crippen molar-refractivity contribution in [3.63, 3.8) is 0 Å². The van der Waals surface area contributed by atoms with Crippen LogP contribution in [-0.2, 0) is 26.2 Å². The van der Waals surface area contributed by atoms with Gasteiger partial charge in [0.2, 0.25) is 10.0 Å². The van der Waals surface area contributed by atoms with Gasteiger partial charge in [0.1, 0.15) is 24.7 Å². The number of carbonyl (C=O) groups excluding carboxylic acids is 1. The first-order valence-corrected chi connectivity index (χ1v) is 9.08. The van der Waals surface area contributed by atoms with Crippen LogP contribution in [0.4, 0.5) is 15.8 Å². The number of anilines is 1. The molecular weight excluding hydrogens is 381 g/mol. The van der Waals surface area contributed by atoms with Gasteiger partial charge >= 0.3 is 5.97 Å². The van der Waals surface area contributed by atoms with E-state index in [9.17, 15) is 27.7 Å². The maximum atomic E-state index is 13.4. The number of hydrogen-bond donors (Lipinski definition) is 2. The van der Waals surface area contributed by atoms with Crippen LogP contribution in [0.1, 0.15) is 5.56 Å². The number of nitrogens with zero attached hydrogens (tertiary/aromatic N) is 1. The van der Waals surface area contributed by atoms with Gasteiger partial charge in [0.25, 0.3) is 5.69 Å². The van der Waals surface area contributed by atoms with Crippen LogP contribution in [0.3, 0.4) is 0 Å². The number of nitrogens with one attached hydrogen (secondary N) is 2. The molecule has 0 aromatic heterocycles. The highest BCUT2D eigenvalue weighted by atomic mass is 32.2. The van der Waals surface area contributed by atoms with Gasteiger partial charge < -0.3 is 10.1 Å². The lowest BCUT2D eigenvalue weighted by atomic mass is 10.2. The molecule has 0 fully saturated rings. The van der Waals surface area contributed by atoms with E-state index in [0.717, 1.165) is 12.1 Å². The highest BCUT2D eigenvalue weighted by molar-refractivity contribution is 7.89. The Labute approximate surface area is 154 Å². The SMILES string of the molecule is CNc1ccc(S(=O)(=O)NCC(=O)OCc2ccccc2F)cc1[N+](=O)[O-]. The molecule has 0 aliphatic heterocycles. The second kappa shape index (κ2) is 8.56. The number of sulfonamides is 1. The van der Waals surface area contributed by atoms with Crippen molar-refractivity contribution in [2.75, 3.05) is 18.9 Å². The Balaban J connectivity index is 2.02. The number of esters is 1. The van der Waals surface area contributed by atoms with Crippen LogP contribution in [0, 0.1) is 15.9 Å². The lowest BCUT2D eigenvalue weighted by molar-refractivity contribution is -0.384. The normalized spacial score (nSPS) is 11.0. The first kappa shape index (κ1) is 20.3. The Kier molecular flexibility index (Phi) is 6.42. The third-order valence-corrected chi connectivity index (χ3v) is 4.90. The molecule has 0 bridgehead atoms. The quantitative estimate of drug-likeness (QED) is 0.395. The summed E-state index contributed by atoms with van der Waals surface area (Å²) in [6.07, 6.45) is 0. The van der Waals surface area contributed by atoms with Crippen LogP contribution in [0.15, 0.2) is 47.4 Å². The maximum absolute atomic E-state index is 13.4. The summed E-state index contributed by atoms with van der Waals surface area (Å²) in [5.74, 6) is -1.48. The van der Waals surface area contributed by atoms with Crippen molar-refractivity contribution in [3.05, 3.63) is 64.0 Å². The zero-order valence-electron chi connectivity index (χ0n) is 14.1. The number of carbonyl (C=O) groups is 1. The van der Waals surface area contributed by atoms with Gasteiger partial charge in [-0.2, -0.15) is 4.72 Å². The minimum absolute atomic E-state index is 0.142. The monoisotopic (exact) mass is 397 g/mol. The minimum atomic E-state index is -4.18. The first-order valence-electron chi connectivity index (χ1n) is 7.59. The zero-order valence-corrected chi connectivity index (χ0v) is 15.0. The molecule has 0 heterocycles. The van der Waals surface area contributed by atoms with E-state index < -0.39 is 39.0 Å². The molecule has 2 N–H and O–H groups in total. The molecule has 144 valence electrons. The predicted molar refractivity (Wildman–Crippen MR) is 94.0 cm³/mol. The van der Waals surface area contributed by atoms with E-state index in [2.05, 4.69) is 5.32 Å². The highest BCUT2D eigenvalue weighted by Gasteiger charge is 2.22. The van der Waals surface area contributed by atoms with E-state index in [4.69, 9.17) is 4.74 Å². The Morgan fingerprint density at radius 1 is 1.26 bits per heavy atom. The number of nitro benzene ring substituents is 1. The molecule has 2 aromatic rings. The van der Waals surface area contributed by atoms with Crippen molar-refractivity contribution in [1.29, 1.82) is 0 Å². The Morgan fingerprint density at radius 2 is 1.96 bits per heavy atom. The fourth-order valence-electron chi connectivity index (χ4n) is 2.10. The third-order valence-electron chi connectivity index (χ3n) is 3.50. The molecule has 2 rings (SSSR count).